The number of hydrogen-bond acceptors (Lipinski definition) is 5. The van der Waals surface area contributed by atoms with Gasteiger partial charge in [-0.3, -0.25) is 0 Å². The monoisotopic (exact) mass is 328 g/mol. The third-order valence-corrected chi connectivity index (χ3v) is 3.63. The molecular weight excluding hydrogens is 308 g/mol. The molecule has 24 heavy (non-hydrogen) atoms. The highest BCUT2D eigenvalue weighted by atomic mass is 16.7. The average Bonchev–Trinajstić information content (AvgIpc) is 3.07. The molecule has 2 aromatic rings. The van der Waals surface area contributed by atoms with Crippen molar-refractivity contribution in [3.63, 3.8) is 0 Å². The Balaban J connectivity index is 1.41. The van der Waals surface area contributed by atoms with Crippen LogP contribution in [-0.4, -0.2) is 30.9 Å². The average molecular weight is 328 g/mol. The number of rotatable bonds is 6. The molecule has 126 valence electrons. The molecule has 0 fully saturated rings. The highest BCUT2D eigenvalue weighted by Gasteiger charge is 2.16. The molecule has 1 aliphatic rings. The lowest BCUT2D eigenvalue weighted by Gasteiger charge is -2.15. The zero-order valence-electron chi connectivity index (χ0n) is 13.4. The SMILES string of the molecule is C[C@@H](NC(=O)NCCNc1ccccn1)c1ccc2c(c1)OCO2. The van der Waals surface area contributed by atoms with Gasteiger partial charge in [0.15, 0.2) is 11.5 Å². The van der Waals surface area contributed by atoms with Gasteiger partial charge in [0.2, 0.25) is 6.79 Å². The van der Waals surface area contributed by atoms with Gasteiger partial charge in [-0.25, -0.2) is 9.78 Å². The standard InChI is InChI=1S/C17H20N4O3/c1-12(13-5-6-14-15(10-13)24-11-23-14)21-17(22)20-9-8-19-16-4-2-3-7-18-16/h2-7,10,12H,8-9,11H2,1H3,(H,18,19)(H2,20,21,22)/t12-/m1/s1. The molecule has 1 aromatic heterocycles. The van der Waals surface area contributed by atoms with Crippen molar-refractivity contribution in [3.05, 3.63) is 48.2 Å². The van der Waals surface area contributed by atoms with E-state index >= 15 is 0 Å². The second-order valence-electron chi connectivity index (χ2n) is 5.38. The van der Waals surface area contributed by atoms with Gasteiger partial charge in [-0.2, -0.15) is 0 Å². The number of benzene rings is 1. The van der Waals surface area contributed by atoms with E-state index in [4.69, 9.17) is 9.47 Å². The van der Waals surface area contributed by atoms with E-state index in [1.807, 2.05) is 43.3 Å². The molecule has 0 bridgehead atoms. The molecule has 1 aliphatic heterocycles. The number of hydrogen-bond donors (Lipinski definition) is 3. The van der Waals surface area contributed by atoms with Crippen molar-refractivity contribution in [1.29, 1.82) is 0 Å². The van der Waals surface area contributed by atoms with Gasteiger partial charge < -0.3 is 25.4 Å². The van der Waals surface area contributed by atoms with Crippen molar-refractivity contribution in [1.82, 2.24) is 15.6 Å². The first-order valence-electron chi connectivity index (χ1n) is 7.81. The third kappa shape index (κ3) is 4.07. The molecule has 2 heterocycles. The molecule has 7 heteroatoms. The van der Waals surface area contributed by atoms with Gasteiger partial charge in [-0.15, -0.1) is 0 Å². The highest BCUT2D eigenvalue weighted by molar-refractivity contribution is 5.74. The molecule has 3 rings (SSSR count). The van der Waals surface area contributed by atoms with E-state index in [-0.39, 0.29) is 18.9 Å². The number of nitrogens with zero attached hydrogens (tertiary/aromatic N) is 1. The molecule has 2 amide bonds. The van der Waals surface area contributed by atoms with Crippen LogP contribution >= 0.6 is 0 Å². The van der Waals surface area contributed by atoms with E-state index in [0.717, 1.165) is 17.1 Å². The van der Waals surface area contributed by atoms with E-state index in [9.17, 15) is 4.79 Å². The van der Waals surface area contributed by atoms with Crippen LogP contribution in [0.3, 0.4) is 0 Å². The second-order valence-corrected chi connectivity index (χ2v) is 5.38. The van der Waals surface area contributed by atoms with E-state index in [0.29, 0.717) is 18.8 Å². The maximum absolute atomic E-state index is 12.0. The smallest absolute Gasteiger partial charge is 0.315 e. The Hall–Kier alpha value is -2.96. The summed E-state index contributed by atoms with van der Waals surface area (Å²) in [6.45, 7) is 3.26. The van der Waals surface area contributed by atoms with E-state index < -0.39 is 0 Å². The van der Waals surface area contributed by atoms with Crippen molar-refractivity contribution in [3.8, 4) is 11.5 Å². The van der Waals surface area contributed by atoms with Gasteiger partial charge >= 0.3 is 6.03 Å². The van der Waals surface area contributed by atoms with Gasteiger partial charge in [0.05, 0.1) is 6.04 Å². The fourth-order valence-electron chi connectivity index (χ4n) is 2.35. The molecule has 1 atom stereocenters. The number of fused-ring (bicyclic) bond motifs is 1. The van der Waals surface area contributed by atoms with Crippen LogP contribution in [0.5, 0.6) is 11.5 Å². The van der Waals surface area contributed by atoms with Gasteiger partial charge in [0.1, 0.15) is 5.82 Å². The van der Waals surface area contributed by atoms with Crippen LogP contribution in [0.25, 0.3) is 0 Å². The normalized spacial score (nSPS) is 13.2. The van der Waals surface area contributed by atoms with Crippen molar-refractivity contribution in [2.75, 3.05) is 25.2 Å². The van der Waals surface area contributed by atoms with Crippen molar-refractivity contribution in [2.45, 2.75) is 13.0 Å². The van der Waals surface area contributed by atoms with Gasteiger partial charge in [0, 0.05) is 19.3 Å². The number of pyridine rings is 1. The number of anilines is 1. The first-order valence-corrected chi connectivity index (χ1v) is 7.81. The summed E-state index contributed by atoms with van der Waals surface area (Å²) in [5, 5.41) is 8.84. The number of nitrogens with one attached hydrogen (secondary N) is 3. The number of amides is 2. The molecule has 0 radical (unpaired) electrons. The highest BCUT2D eigenvalue weighted by Crippen LogP contribution is 2.34. The maximum atomic E-state index is 12.0. The number of ether oxygens (including phenoxy) is 2. The molecule has 3 N–H and O–H groups in total. The summed E-state index contributed by atoms with van der Waals surface area (Å²) in [6.07, 6.45) is 1.72. The molecule has 0 saturated carbocycles. The van der Waals surface area contributed by atoms with E-state index in [1.54, 1.807) is 6.20 Å². The van der Waals surface area contributed by atoms with Gasteiger partial charge in [-0.05, 0) is 36.8 Å². The van der Waals surface area contributed by atoms with Crippen molar-refractivity contribution in [2.24, 2.45) is 0 Å². The molecule has 0 unspecified atom stereocenters. The number of carbonyl (C=O) groups is 1. The summed E-state index contributed by atoms with van der Waals surface area (Å²) in [4.78, 5) is 16.1. The van der Waals surface area contributed by atoms with Crippen LogP contribution in [0.4, 0.5) is 10.6 Å². The summed E-state index contributed by atoms with van der Waals surface area (Å²) in [7, 11) is 0. The van der Waals surface area contributed by atoms with Crippen LogP contribution in [0.2, 0.25) is 0 Å². The first kappa shape index (κ1) is 15.9. The minimum atomic E-state index is -0.219. The van der Waals surface area contributed by atoms with Crippen LogP contribution in [-0.2, 0) is 0 Å². The fourth-order valence-corrected chi connectivity index (χ4v) is 2.35. The Morgan fingerprint density at radius 1 is 1.21 bits per heavy atom. The molecule has 7 nitrogen and oxygen atoms in total. The zero-order valence-corrected chi connectivity index (χ0v) is 13.4. The van der Waals surface area contributed by atoms with E-state index in [1.165, 1.54) is 0 Å². The molecular formula is C17H20N4O3. The Morgan fingerprint density at radius 3 is 2.92 bits per heavy atom. The summed E-state index contributed by atoms with van der Waals surface area (Å²) >= 11 is 0. The Labute approximate surface area is 140 Å². The molecule has 0 saturated heterocycles. The Kier molecular flexibility index (Phi) is 5.00. The van der Waals surface area contributed by atoms with Gasteiger partial charge in [-0.1, -0.05) is 12.1 Å². The second kappa shape index (κ2) is 7.54. The topological polar surface area (TPSA) is 84.5 Å². The Bertz CT molecular complexity index is 693. The summed E-state index contributed by atoms with van der Waals surface area (Å²) in [5.41, 5.74) is 0.959. The minimum Gasteiger partial charge on any atom is -0.454 e. The lowest BCUT2D eigenvalue weighted by Crippen LogP contribution is -2.39. The molecule has 0 spiro atoms. The largest absolute Gasteiger partial charge is 0.454 e. The van der Waals surface area contributed by atoms with Crippen LogP contribution < -0.4 is 25.4 Å². The predicted octanol–water partition coefficient (Wildman–Crippen LogP) is 2.28. The summed E-state index contributed by atoms with van der Waals surface area (Å²) < 4.78 is 10.6. The van der Waals surface area contributed by atoms with Crippen LogP contribution in [0.15, 0.2) is 42.6 Å². The third-order valence-electron chi connectivity index (χ3n) is 3.63. The zero-order chi connectivity index (χ0) is 16.8. The lowest BCUT2D eigenvalue weighted by atomic mass is 10.1. The summed E-state index contributed by atoms with van der Waals surface area (Å²) in [6, 6.07) is 10.9. The quantitative estimate of drug-likeness (QED) is 0.709. The van der Waals surface area contributed by atoms with Gasteiger partial charge in [0.25, 0.3) is 0 Å². The number of aromatic nitrogens is 1. The first-order chi connectivity index (χ1) is 11.7. The van der Waals surface area contributed by atoms with Crippen LogP contribution in [0.1, 0.15) is 18.5 Å². The summed E-state index contributed by atoms with van der Waals surface area (Å²) in [5.74, 6) is 2.23. The minimum absolute atomic E-state index is 0.136. The fraction of sp³-hybridized carbons (Fsp3) is 0.294. The predicted molar refractivity (Wildman–Crippen MR) is 90.2 cm³/mol. The molecule has 1 aromatic carbocycles. The van der Waals surface area contributed by atoms with Crippen LogP contribution in [0, 0.1) is 0 Å². The molecule has 0 aliphatic carbocycles. The number of urea groups is 1. The van der Waals surface area contributed by atoms with Crippen molar-refractivity contribution < 1.29 is 14.3 Å². The van der Waals surface area contributed by atoms with Crippen molar-refractivity contribution >= 4 is 11.8 Å². The van der Waals surface area contributed by atoms with E-state index in [2.05, 4.69) is 20.9 Å². The number of carbonyl (C=O) groups excluding carboxylic acids is 1. The maximum Gasteiger partial charge on any atom is 0.315 e. The lowest BCUT2D eigenvalue weighted by molar-refractivity contribution is 0.174. The Morgan fingerprint density at radius 2 is 2.08 bits per heavy atom.